The number of ether oxygens (including phenoxy) is 1. The Morgan fingerprint density at radius 2 is 1.95 bits per heavy atom. The summed E-state index contributed by atoms with van der Waals surface area (Å²) in [6, 6.07) is 8.21. The van der Waals surface area contributed by atoms with Crippen molar-refractivity contribution in [1.29, 1.82) is 0 Å². The Kier molecular flexibility index (Phi) is 16.4. The average molecular weight is 346 g/mol. The predicted octanol–water partition coefficient (Wildman–Crippen LogP) is 3.47. The molecule has 114 valence electrons. The fraction of sp³-hybridized carbons (Fsp3) is 0.467. The second-order valence-electron chi connectivity index (χ2n) is 3.87. The van der Waals surface area contributed by atoms with Crippen LogP contribution in [0.1, 0.15) is 32.3 Å². The van der Waals surface area contributed by atoms with Crippen molar-refractivity contribution in [2.45, 2.75) is 33.6 Å². The number of amides is 1. The number of benzene rings is 1. The zero-order valence-electron chi connectivity index (χ0n) is 12.6. The Morgan fingerprint density at radius 3 is 2.25 bits per heavy atom. The van der Waals surface area contributed by atoms with Crippen LogP contribution in [-0.4, -0.2) is 26.0 Å². The highest BCUT2D eigenvalue weighted by atomic mass is 79.9. The van der Waals surface area contributed by atoms with Gasteiger partial charge in [0.15, 0.2) is 0 Å². The number of nitrogens with one attached hydrogen (secondary N) is 1. The van der Waals surface area contributed by atoms with E-state index in [1.54, 1.807) is 0 Å². The normalized spacial score (nSPS) is 8.25. The van der Waals surface area contributed by atoms with Gasteiger partial charge in [-0.15, -0.1) is 0 Å². The standard InChI is InChI=1S/C7H7Br.C4H7NO3.C4H10/c1-6-3-2-4-7(8)5-6;1-8-4(7)2-5-3-6;1-3-4-2/h2-5H,1H3;3H,2H2,1H3,(H,5,6);3-4H2,1-2H3. The number of halogens is 1. The number of carbonyl (C=O) groups excluding carboxylic acids is 2. The lowest BCUT2D eigenvalue weighted by molar-refractivity contribution is -0.140. The molecule has 0 radical (unpaired) electrons. The molecule has 1 N–H and O–H groups in total. The van der Waals surface area contributed by atoms with Crippen LogP contribution in [0.25, 0.3) is 0 Å². The van der Waals surface area contributed by atoms with Crippen molar-refractivity contribution in [1.82, 2.24) is 5.32 Å². The summed E-state index contributed by atoms with van der Waals surface area (Å²) < 4.78 is 5.34. The van der Waals surface area contributed by atoms with Crippen LogP contribution in [0.15, 0.2) is 28.7 Å². The monoisotopic (exact) mass is 345 g/mol. The third kappa shape index (κ3) is 16.6. The predicted molar refractivity (Wildman–Crippen MR) is 85.5 cm³/mol. The maximum atomic E-state index is 10.1. The highest BCUT2D eigenvalue weighted by Gasteiger charge is 1.93. The first-order valence-corrected chi connectivity index (χ1v) is 7.27. The van der Waals surface area contributed by atoms with Gasteiger partial charge < -0.3 is 10.1 Å². The molecule has 0 saturated carbocycles. The topological polar surface area (TPSA) is 55.4 Å². The summed E-state index contributed by atoms with van der Waals surface area (Å²) in [7, 11) is 1.26. The van der Waals surface area contributed by atoms with E-state index < -0.39 is 5.97 Å². The molecule has 1 aromatic carbocycles. The average Bonchev–Trinajstić information content (AvgIpc) is 2.45. The lowest BCUT2D eigenvalue weighted by atomic mass is 10.2. The third-order valence-electron chi connectivity index (χ3n) is 2.04. The fourth-order valence-corrected chi connectivity index (χ4v) is 1.32. The summed E-state index contributed by atoms with van der Waals surface area (Å²) in [6.07, 6.45) is 3.08. The summed E-state index contributed by atoms with van der Waals surface area (Å²) in [5.74, 6) is -0.447. The summed E-state index contributed by atoms with van der Waals surface area (Å²) in [6.45, 7) is 6.38. The first kappa shape index (κ1) is 20.9. The number of unbranched alkanes of at least 4 members (excludes halogenated alkanes) is 1. The molecule has 0 atom stereocenters. The van der Waals surface area contributed by atoms with Crippen LogP contribution in [0.3, 0.4) is 0 Å². The zero-order chi connectivity index (χ0) is 15.8. The van der Waals surface area contributed by atoms with Gasteiger partial charge in [0.1, 0.15) is 6.54 Å². The molecule has 1 amide bonds. The van der Waals surface area contributed by atoms with E-state index in [1.807, 2.05) is 12.1 Å². The van der Waals surface area contributed by atoms with Crippen LogP contribution in [0.4, 0.5) is 0 Å². The maximum absolute atomic E-state index is 10.1. The van der Waals surface area contributed by atoms with Gasteiger partial charge in [-0.25, -0.2) is 0 Å². The summed E-state index contributed by atoms with van der Waals surface area (Å²) >= 11 is 3.36. The SMILES string of the molecule is CCCC.COC(=O)CNC=O.Cc1cccc(Br)c1. The quantitative estimate of drug-likeness (QED) is 0.671. The minimum Gasteiger partial charge on any atom is -0.468 e. The maximum Gasteiger partial charge on any atom is 0.325 e. The number of carbonyl (C=O) groups is 2. The van der Waals surface area contributed by atoms with Crippen LogP contribution in [0.2, 0.25) is 0 Å². The second-order valence-corrected chi connectivity index (χ2v) is 4.79. The molecule has 1 rings (SSSR count). The van der Waals surface area contributed by atoms with Crippen molar-refractivity contribution in [3.8, 4) is 0 Å². The van der Waals surface area contributed by atoms with Crippen molar-refractivity contribution in [2.24, 2.45) is 0 Å². The molecule has 0 saturated heterocycles. The van der Waals surface area contributed by atoms with Gasteiger partial charge in [0.25, 0.3) is 0 Å². The molecule has 0 aliphatic carbocycles. The minimum absolute atomic E-state index is 0.0556. The highest BCUT2D eigenvalue weighted by Crippen LogP contribution is 2.09. The van der Waals surface area contributed by atoms with Gasteiger partial charge in [-0.2, -0.15) is 0 Å². The van der Waals surface area contributed by atoms with Crippen LogP contribution < -0.4 is 5.32 Å². The molecule has 0 bridgehead atoms. The summed E-state index contributed by atoms with van der Waals surface area (Å²) in [4.78, 5) is 19.6. The van der Waals surface area contributed by atoms with Crippen molar-refractivity contribution >= 4 is 28.3 Å². The molecule has 20 heavy (non-hydrogen) atoms. The van der Waals surface area contributed by atoms with Crippen LogP contribution in [0, 0.1) is 6.92 Å². The van der Waals surface area contributed by atoms with E-state index in [1.165, 1.54) is 25.5 Å². The Bertz CT molecular complexity index is 351. The van der Waals surface area contributed by atoms with Crippen molar-refractivity contribution in [3.63, 3.8) is 0 Å². The summed E-state index contributed by atoms with van der Waals surface area (Å²) in [5, 5.41) is 2.14. The first-order chi connectivity index (χ1) is 9.51. The van der Waals surface area contributed by atoms with E-state index >= 15 is 0 Å². The van der Waals surface area contributed by atoms with E-state index in [0.717, 1.165) is 4.47 Å². The molecule has 0 aliphatic heterocycles. The van der Waals surface area contributed by atoms with Crippen molar-refractivity contribution in [3.05, 3.63) is 34.3 Å². The molecular formula is C15H24BrNO3. The minimum atomic E-state index is -0.447. The molecule has 1 aromatic rings. The number of methoxy groups -OCH3 is 1. The Balaban J connectivity index is 0. The molecule has 4 nitrogen and oxygen atoms in total. The van der Waals surface area contributed by atoms with Gasteiger partial charge in [0, 0.05) is 4.47 Å². The largest absolute Gasteiger partial charge is 0.468 e. The van der Waals surface area contributed by atoms with E-state index in [-0.39, 0.29) is 6.54 Å². The van der Waals surface area contributed by atoms with Gasteiger partial charge in [-0.05, 0) is 19.1 Å². The molecule has 5 heteroatoms. The van der Waals surface area contributed by atoms with Gasteiger partial charge in [0.05, 0.1) is 7.11 Å². The van der Waals surface area contributed by atoms with E-state index in [4.69, 9.17) is 0 Å². The van der Waals surface area contributed by atoms with Crippen LogP contribution in [0.5, 0.6) is 0 Å². The third-order valence-corrected chi connectivity index (χ3v) is 2.53. The zero-order valence-corrected chi connectivity index (χ0v) is 14.2. The van der Waals surface area contributed by atoms with E-state index in [2.05, 4.69) is 58.9 Å². The van der Waals surface area contributed by atoms with Crippen molar-refractivity contribution in [2.75, 3.05) is 13.7 Å². The second kappa shape index (κ2) is 15.7. The Hall–Kier alpha value is -1.36. The number of hydrogen-bond donors (Lipinski definition) is 1. The molecule has 0 aliphatic rings. The first-order valence-electron chi connectivity index (χ1n) is 6.47. The van der Waals surface area contributed by atoms with E-state index in [9.17, 15) is 9.59 Å². The van der Waals surface area contributed by atoms with Crippen molar-refractivity contribution < 1.29 is 14.3 Å². The van der Waals surface area contributed by atoms with Gasteiger partial charge >= 0.3 is 5.97 Å². The molecule has 0 unspecified atom stereocenters. The van der Waals surface area contributed by atoms with Crippen LogP contribution >= 0.6 is 15.9 Å². The van der Waals surface area contributed by atoms with Gasteiger partial charge in [-0.1, -0.05) is 60.3 Å². The smallest absolute Gasteiger partial charge is 0.325 e. The number of rotatable bonds is 4. The van der Waals surface area contributed by atoms with Gasteiger partial charge in [0.2, 0.25) is 6.41 Å². The fourth-order valence-electron chi connectivity index (χ4n) is 0.803. The van der Waals surface area contributed by atoms with Gasteiger partial charge in [-0.3, -0.25) is 9.59 Å². The molecule has 0 aromatic heterocycles. The number of hydrogen-bond acceptors (Lipinski definition) is 3. The molecular weight excluding hydrogens is 322 g/mol. The molecule has 0 spiro atoms. The molecule has 0 heterocycles. The van der Waals surface area contributed by atoms with Crippen LogP contribution in [-0.2, 0) is 14.3 Å². The summed E-state index contributed by atoms with van der Waals surface area (Å²) in [5.41, 5.74) is 1.29. The Labute approximate surface area is 130 Å². The lowest BCUT2D eigenvalue weighted by Crippen LogP contribution is -2.21. The molecule has 0 fully saturated rings. The highest BCUT2D eigenvalue weighted by molar-refractivity contribution is 9.10. The number of aryl methyl sites for hydroxylation is 1. The Morgan fingerprint density at radius 1 is 1.35 bits per heavy atom. The lowest BCUT2D eigenvalue weighted by Gasteiger charge is -1.93. The van der Waals surface area contributed by atoms with E-state index in [0.29, 0.717) is 6.41 Å². The number of esters is 1.